The van der Waals surface area contributed by atoms with Crippen LogP contribution in [0.1, 0.15) is 39.0 Å². The van der Waals surface area contributed by atoms with E-state index in [9.17, 15) is 19.8 Å². The number of β-amino-alcohol motifs (C(OH)–C–C–N with tert-alkyl or cyclic N) is 1. The lowest BCUT2D eigenvalue weighted by atomic mass is 9.93. The van der Waals surface area contributed by atoms with Gasteiger partial charge in [0.1, 0.15) is 0 Å². The number of piperidine rings is 1. The molecule has 1 aliphatic heterocycles. The highest BCUT2D eigenvalue weighted by Crippen LogP contribution is 2.39. The van der Waals surface area contributed by atoms with Gasteiger partial charge in [-0.05, 0) is 31.6 Å². The summed E-state index contributed by atoms with van der Waals surface area (Å²) >= 11 is 0. The number of carboxylic acid groups (broad SMARTS) is 1. The molecular weight excluding hydrogens is 246 g/mol. The summed E-state index contributed by atoms with van der Waals surface area (Å²) in [5.41, 5.74) is 0. The number of carbonyl (C=O) groups is 2. The molecule has 0 aromatic carbocycles. The van der Waals surface area contributed by atoms with Crippen molar-refractivity contribution in [2.75, 3.05) is 13.1 Å². The highest BCUT2D eigenvalue weighted by atomic mass is 16.4. The van der Waals surface area contributed by atoms with E-state index in [1.165, 1.54) is 0 Å². The van der Waals surface area contributed by atoms with Crippen LogP contribution in [0, 0.1) is 17.8 Å². The summed E-state index contributed by atoms with van der Waals surface area (Å²) in [5.74, 6) is -1.53. The number of aliphatic hydroxyl groups excluding tert-OH is 1. The highest BCUT2D eigenvalue weighted by molar-refractivity contribution is 5.85. The van der Waals surface area contributed by atoms with Crippen molar-refractivity contribution in [1.82, 2.24) is 4.90 Å². The average Bonchev–Trinajstić information content (AvgIpc) is 2.82. The van der Waals surface area contributed by atoms with Gasteiger partial charge in [0, 0.05) is 13.1 Å². The number of likely N-dealkylation sites (tertiary alicyclic amines) is 1. The monoisotopic (exact) mass is 269 g/mol. The summed E-state index contributed by atoms with van der Waals surface area (Å²) < 4.78 is 0. The third-order valence-electron chi connectivity index (χ3n) is 4.58. The lowest BCUT2D eigenvalue weighted by Gasteiger charge is -2.33. The van der Waals surface area contributed by atoms with Gasteiger partial charge in [-0.2, -0.15) is 0 Å². The highest BCUT2D eigenvalue weighted by Gasteiger charge is 2.44. The molecule has 1 saturated carbocycles. The maximum Gasteiger partial charge on any atom is 0.307 e. The van der Waals surface area contributed by atoms with Crippen LogP contribution in [-0.2, 0) is 9.59 Å². The number of aliphatic hydroxyl groups is 1. The van der Waals surface area contributed by atoms with Gasteiger partial charge in [0.15, 0.2) is 0 Å². The first kappa shape index (κ1) is 14.3. The number of amides is 1. The van der Waals surface area contributed by atoms with Crippen molar-refractivity contribution < 1.29 is 19.8 Å². The second-order valence-corrected chi connectivity index (χ2v) is 5.88. The fourth-order valence-electron chi connectivity index (χ4n) is 3.41. The van der Waals surface area contributed by atoms with Crippen LogP contribution in [0.5, 0.6) is 0 Å². The normalized spacial score (nSPS) is 35.4. The molecule has 3 unspecified atom stereocenters. The minimum absolute atomic E-state index is 0.0675. The van der Waals surface area contributed by atoms with Gasteiger partial charge in [-0.1, -0.05) is 13.3 Å². The maximum atomic E-state index is 12.5. The summed E-state index contributed by atoms with van der Waals surface area (Å²) in [6.07, 6.45) is 3.29. The lowest BCUT2D eigenvalue weighted by molar-refractivity contribution is -0.150. The van der Waals surface area contributed by atoms with Gasteiger partial charge in [-0.3, -0.25) is 9.59 Å². The standard InChI is InChI=1S/C14H23NO4/c1-2-9-6-11(12(7-9)14(18)19)13(17)15-5-3-4-10(16)8-15/h9-12,16H,2-8H2,1H3,(H,18,19)/t9?,10-,11?,12?/m0/s1. The Morgan fingerprint density at radius 3 is 2.53 bits per heavy atom. The molecule has 0 bridgehead atoms. The molecule has 0 radical (unpaired) electrons. The number of carbonyl (C=O) groups excluding carboxylic acids is 1. The molecular formula is C14H23NO4. The molecule has 2 aliphatic rings. The maximum absolute atomic E-state index is 12.5. The summed E-state index contributed by atoms with van der Waals surface area (Å²) in [4.78, 5) is 25.4. The number of carboxylic acids is 1. The van der Waals surface area contributed by atoms with E-state index in [2.05, 4.69) is 0 Å². The SMILES string of the molecule is CCC1CC(C(=O)O)C(C(=O)N2CCC[C@H](O)C2)C1. The van der Waals surface area contributed by atoms with E-state index in [1.54, 1.807) is 4.90 Å². The van der Waals surface area contributed by atoms with E-state index in [1.807, 2.05) is 6.92 Å². The minimum Gasteiger partial charge on any atom is -0.481 e. The fourth-order valence-corrected chi connectivity index (χ4v) is 3.41. The van der Waals surface area contributed by atoms with Gasteiger partial charge in [0.05, 0.1) is 17.9 Å². The molecule has 2 rings (SSSR count). The molecule has 5 heteroatoms. The van der Waals surface area contributed by atoms with Crippen LogP contribution in [-0.4, -0.2) is 46.2 Å². The lowest BCUT2D eigenvalue weighted by Crippen LogP contribution is -2.46. The molecule has 5 nitrogen and oxygen atoms in total. The number of hydrogen-bond donors (Lipinski definition) is 2. The Labute approximate surface area is 113 Å². The van der Waals surface area contributed by atoms with Crippen molar-refractivity contribution in [3.63, 3.8) is 0 Å². The second kappa shape index (κ2) is 5.90. The van der Waals surface area contributed by atoms with Crippen molar-refractivity contribution >= 4 is 11.9 Å². The van der Waals surface area contributed by atoms with Crippen LogP contribution in [0.15, 0.2) is 0 Å². The quantitative estimate of drug-likeness (QED) is 0.804. The van der Waals surface area contributed by atoms with Crippen LogP contribution < -0.4 is 0 Å². The summed E-state index contributed by atoms with van der Waals surface area (Å²) in [6.45, 7) is 3.05. The predicted molar refractivity (Wildman–Crippen MR) is 69.5 cm³/mol. The molecule has 1 aliphatic carbocycles. The van der Waals surface area contributed by atoms with Crippen LogP contribution in [0.3, 0.4) is 0 Å². The Kier molecular flexibility index (Phi) is 4.45. The molecule has 1 amide bonds. The molecule has 108 valence electrons. The first-order chi connectivity index (χ1) is 9.02. The van der Waals surface area contributed by atoms with Crippen LogP contribution in [0.2, 0.25) is 0 Å². The zero-order valence-electron chi connectivity index (χ0n) is 11.4. The summed E-state index contributed by atoms with van der Waals surface area (Å²) in [5, 5.41) is 18.9. The number of hydrogen-bond acceptors (Lipinski definition) is 3. The van der Waals surface area contributed by atoms with E-state index >= 15 is 0 Å². The van der Waals surface area contributed by atoms with Gasteiger partial charge in [0.25, 0.3) is 0 Å². The molecule has 2 N–H and O–H groups in total. The topological polar surface area (TPSA) is 77.8 Å². The van der Waals surface area contributed by atoms with Crippen molar-refractivity contribution in [2.45, 2.75) is 45.1 Å². The van der Waals surface area contributed by atoms with E-state index in [4.69, 9.17) is 0 Å². The van der Waals surface area contributed by atoms with Crippen molar-refractivity contribution in [1.29, 1.82) is 0 Å². The molecule has 19 heavy (non-hydrogen) atoms. The average molecular weight is 269 g/mol. The van der Waals surface area contributed by atoms with Crippen molar-refractivity contribution in [2.24, 2.45) is 17.8 Å². The Morgan fingerprint density at radius 1 is 1.26 bits per heavy atom. The van der Waals surface area contributed by atoms with Crippen molar-refractivity contribution in [3.8, 4) is 0 Å². The van der Waals surface area contributed by atoms with Crippen molar-refractivity contribution in [3.05, 3.63) is 0 Å². The second-order valence-electron chi connectivity index (χ2n) is 5.88. The Balaban J connectivity index is 2.05. The third kappa shape index (κ3) is 3.08. The largest absolute Gasteiger partial charge is 0.481 e. The molecule has 0 spiro atoms. The molecule has 4 atom stereocenters. The summed E-state index contributed by atoms with van der Waals surface area (Å²) in [7, 11) is 0. The fraction of sp³-hybridized carbons (Fsp3) is 0.857. The number of rotatable bonds is 3. The van der Waals surface area contributed by atoms with Crippen LogP contribution in [0.4, 0.5) is 0 Å². The smallest absolute Gasteiger partial charge is 0.307 e. The minimum atomic E-state index is -0.855. The Morgan fingerprint density at radius 2 is 1.95 bits per heavy atom. The molecule has 1 saturated heterocycles. The van der Waals surface area contributed by atoms with E-state index in [0.29, 0.717) is 31.8 Å². The first-order valence-corrected chi connectivity index (χ1v) is 7.22. The predicted octanol–water partition coefficient (Wildman–Crippen LogP) is 1.11. The Bertz CT molecular complexity index is 357. The molecule has 0 aromatic rings. The molecule has 0 aromatic heterocycles. The van der Waals surface area contributed by atoms with E-state index < -0.39 is 23.9 Å². The van der Waals surface area contributed by atoms with Crippen LogP contribution >= 0.6 is 0 Å². The van der Waals surface area contributed by atoms with E-state index in [-0.39, 0.29) is 5.91 Å². The van der Waals surface area contributed by atoms with Crippen LogP contribution in [0.25, 0.3) is 0 Å². The van der Waals surface area contributed by atoms with Gasteiger partial charge in [0.2, 0.25) is 5.91 Å². The summed E-state index contributed by atoms with van der Waals surface area (Å²) in [6, 6.07) is 0. The van der Waals surface area contributed by atoms with E-state index in [0.717, 1.165) is 19.3 Å². The first-order valence-electron chi connectivity index (χ1n) is 7.22. The van der Waals surface area contributed by atoms with Gasteiger partial charge < -0.3 is 15.1 Å². The zero-order chi connectivity index (χ0) is 14.0. The number of nitrogens with zero attached hydrogens (tertiary/aromatic N) is 1. The van der Waals surface area contributed by atoms with Gasteiger partial charge in [-0.15, -0.1) is 0 Å². The number of aliphatic carboxylic acids is 1. The molecule has 2 fully saturated rings. The Hall–Kier alpha value is -1.10. The van der Waals surface area contributed by atoms with Gasteiger partial charge >= 0.3 is 5.97 Å². The van der Waals surface area contributed by atoms with Gasteiger partial charge in [-0.25, -0.2) is 0 Å². The zero-order valence-corrected chi connectivity index (χ0v) is 11.4. The third-order valence-corrected chi connectivity index (χ3v) is 4.58. The molecule has 1 heterocycles.